The fourth-order valence-corrected chi connectivity index (χ4v) is 2.20. The Morgan fingerprint density at radius 3 is 2.22 bits per heavy atom. The molecule has 1 heterocycles. The number of carbonyl (C=O) groups is 1. The number of nitrogens with two attached hydrogens (primary N) is 1. The number of aromatic nitrogens is 1. The molecule has 0 radical (unpaired) electrons. The van der Waals surface area contributed by atoms with E-state index in [-0.39, 0.29) is 23.3 Å². The highest BCUT2D eigenvalue weighted by Crippen LogP contribution is 2.36. The molecule has 3 N–H and O–H groups in total. The van der Waals surface area contributed by atoms with Crippen LogP contribution in [-0.4, -0.2) is 16.1 Å². The Hall–Kier alpha value is -0.860. The van der Waals surface area contributed by atoms with Gasteiger partial charge in [0.15, 0.2) is 5.69 Å². The molecule has 0 aliphatic heterocycles. The summed E-state index contributed by atoms with van der Waals surface area (Å²) >= 11 is 0.475. The number of hydrogen-bond donors (Lipinski definition) is 2. The van der Waals surface area contributed by atoms with E-state index < -0.39 is 28.8 Å². The second-order valence-corrected chi connectivity index (χ2v) is 4.83. The lowest BCUT2D eigenvalue weighted by molar-refractivity contribution is -0.141. The summed E-state index contributed by atoms with van der Waals surface area (Å²) in [5, 5.41) is 8.68. The first-order chi connectivity index (χ1) is 7.64. The Morgan fingerprint density at radius 1 is 1.44 bits per heavy atom. The van der Waals surface area contributed by atoms with E-state index in [1.54, 1.807) is 13.8 Å². The SMILES string of the molecule is CC(C)C(N)c1nc(C(F)(F)F)c(C(=O)O)s1.Cl. The molecule has 18 heavy (non-hydrogen) atoms. The normalized spacial score (nSPS) is 13.3. The maximum absolute atomic E-state index is 12.5. The summed E-state index contributed by atoms with van der Waals surface area (Å²) < 4.78 is 37.6. The van der Waals surface area contributed by atoms with E-state index in [9.17, 15) is 18.0 Å². The molecule has 0 aliphatic carbocycles. The minimum atomic E-state index is -4.78. The van der Waals surface area contributed by atoms with E-state index in [1.807, 2.05) is 0 Å². The van der Waals surface area contributed by atoms with Crippen LogP contribution in [0.2, 0.25) is 0 Å². The first-order valence-electron chi connectivity index (χ1n) is 4.71. The van der Waals surface area contributed by atoms with Crippen molar-refractivity contribution >= 4 is 29.7 Å². The molecule has 1 atom stereocenters. The second-order valence-electron chi connectivity index (χ2n) is 3.80. The molecule has 0 amide bonds. The van der Waals surface area contributed by atoms with Gasteiger partial charge < -0.3 is 10.8 Å². The molecular weight excluding hydrogens is 293 g/mol. The fraction of sp³-hybridized carbons (Fsp3) is 0.556. The summed E-state index contributed by atoms with van der Waals surface area (Å²) in [6, 6.07) is -0.700. The monoisotopic (exact) mass is 304 g/mol. The lowest BCUT2D eigenvalue weighted by Gasteiger charge is -2.11. The highest BCUT2D eigenvalue weighted by atomic mass is 35.5. The molecule has 0 saturated carbocycles. The van der Waals surface area contributed by atoms with Crippen LogP contribution in [-0.2, 0) is 6.18 Å². The summed E-state index contributed by atoms with van der Waals surface area (Å²) in [5.74, 6) is -1.76. The van der Waals surface area contributed by atoms with Gasteiger partial charge in [0.2, 0.25) is 0 Å². The number of aromatic carboxylic acids is 1. The standard InChI is InChI=1S/C9H11F3N2O2S.ClH/c1-3(2)4(13)7-14-6(9(10,11)12)5(17-7)8(15)16;/h3-4H,13H2,1-2H3,(H,15,16);1H. The van der Waals surface area contributed by atoms with Gasteiger partial charge in [0.05, 0.1) is 6.04 Å². The van der Waals surface area contributed by atoms with E-state index in [0.717, 1.165) is 0 Å². The fourth-order valence-electron chi connectivity index (χ4n) is 1.10. The van der Waals surface area contributed by atoms with Crippen molar-refractivity contribution in [2.75, 3.05) is 0 Å². The number of hydrogen-bond acceptors (Lipinski definition) is 4. The molecule has 1 aromatic heterocycles. The quantitative estimate of drug-likeness (QED) is 0.900. The van der Waals surface area contributed by atoms with Gasteiger partial charge in [-0.2, -0.15) is 13.2 Å². The molecule has 9 heteroatoms. The summed E-state index contributed by atoms with van der Waals surface area (Å²) in [6.07, 6.45) is -4.78. The van der Waals surface area contributed by atoms with E-state index in [2.05, 4.69) is 4.98 Å². The first-order valence-corrected chi connectivity index (χ1v) is 5.53. The van der Waals surface area contributed by atoms with E-state index in [0.29, 0.717) is 11.3 Å². The number of thiazole rings is 1. The molecule has 104 valence electrons. The predicted octanol–water partition coefficient (Wildman–Crippen LogP) is 2.94. The van der Waals surface area contributed by atoms with Gasteiger partial charge in [-0.1, -0.05) is 13.8 Å². The molecular formula is C9H12ClF3N2O2S. The minimum absolute atomic E-state index is 0. The zero-order chi connectivity index (χ0) is 13.4. The van der Waals surface area contributed by atoms with E-state index in [4.69, 9.17) is 10.8 Å². The molecule has 0 bridgehead atoms. The average Bonchev–Trinajstić information content (AvgIpc) is 2.59. The molecule has 1 rings (SSSR count). The van der Waals surface area contributed by atoms with Crippen LogP contribution in [0, 0.1) is 5.92 Å². The minimum Gasteiger partial charge on any atom is -0.477 e. The smallest absolute Gasteiger partial charge is 0.435 e. The summed E-state index contributed by atoms with van der Waals surface area (Å²) in [7, 11) is 0. The van der Waals surface area contributed by atoms with Crippen LogP contribution in [0.1, 0.15) is 40.3 Å². The third-order valence-corrected chi connectivity index (χ3v) is 3.25. The van der Waals surface area contributed by atoms with E-state index >= 15 is 0 Å². The van der Waals surface area contributed by atoms with Crippen LogP contribution in [0.3, 0.4) is 0 Å². The van der Waals surface area contributed by atoms with Gasteiger partial charge in [-0.05, 0) is 5.92 Å². The van der Waals surface area contributed by atoms with E-state index in [1.165, 1.54) is 0 Å². The van der Waals surface area contributed by atoms with Crippen molar-refractivity contribution in [3.05, 3.63) is 15.6 Å². The molecule has 4 nitrogen and oxygen atoms in total. The van der Waals surface area contributed by atoms with Crippen molar-refractivity contribution in [3.8, 4) is 0 Å². The Bertz CT molecular complexity index is 434. The Labute approximate surface area is 111 Å². The first kappa shape index (κ1) is 17.1. The molecule has 0 aromatic carbocycles. The highest BCUT2D eigenvalue weighted by molar-refractivity contribution is 7.13. The zero-order valence-corrected chi connectivity index (χ0v) is 11.1. The number of carboxylic acid groups (broad SMARTS) is 1. The van der Waals surface area contributed by atoms with Gasteiger partial charge in [-0.3, -0.25) is 0 Å². The van der Waals surface area contributed by atoms with Gasteiger partial charge in [0.25, 0.3) is 0 Å². The lowest BCUT2D eigenvalue weighted by Crippen LogP contribution is -2.17. The number of halogens is 4. The molecule has 1 unspecified atom stereocenters. The zero-order valence-electron chi connectivity index (χ0n) is 9.49. The average molecular weight is 305 g/mol. The van der Waals surface area contributed by atoms with Crippen molar-refractivity contribution in [2.45, 2.75) is 26.1 Å². The van der Waals surface area contributed by atoms with Crippen molar-refractivity contribution in [1.29, 1.82) is 0 Å². The molecule has 0 saturated heterocycles. The lowest BCUT2D eigenvalue weighted by atomic mass is 10.1. The number of alkyl halides is 3. The van der Waals surface area contributed by atoms with Crippen LogP contribution in [0.4, 0.5) is 13.2 Å². The van der Waals surface area contributed by atoms with Crippen molar-refractivity contribution in [2.24, 2.45) is 11.7 Å². The topological polar surface area (TPSA) is 76.2 Å². The summed E-state index contributed by atoms with van der Waals surface area (Å²) in [4.78, 5) is 13.2. The largest absolute Gasteiger partial charge is 0.477 e. The summed E-state index contributed by atoms with van der Waals surface area (Å²) in [5.41, 5.74) is 4.28. The summed E-state index contributed by atoms with van der Waals surface area (Å²) in [6.45, 7) is 3.44. The number of nitrogens with zero attached hydrogens (tertiary/aromatic N) is 1. The third kappa shape index (κ3) is 3.56. The Morgan fingerprint density at radius 2 is 1.94 bits per heavy atom. The molecule has 0 aliphatic rings. The van der Waals surface area contributed by atoms with Gasteiger partial charge in [-0.15, -0.1) is 23.7 Å². The van der Waals surface area contributed by atoms with Crippen LogP contribution < -0.4 is 5.73 Å². The maximum atomic E-state index is 12.5. The molecule has 0 spiro atoms. The van der Waals surface area contributed by atoms with Gasteiger partial charge in [0.1, 0.15) is 9.88 Å². The second kappa shape index (κ2) is 5.85. The van der Waals surface area contributed by atoms with Crippen LogP contribution in [0.15, 0.2) is 0 Å². The van der Waals surface area contributed by atoms with Crippen LogP contribution in [0.25, 0.3) is 0 Å². The number of carboxylic acids is 1. The Balaban J connectivity index is 0.00000289. The van der Waals surface area contributed by atoms with Gasteiger partial charge in [0, 0.05) is 0 Å². The van der Waals surface area contributed by atoms with Crippen molar-refractivity contribution in [1.82, 2.24) is 4.98 Å². The van der Waals surface area contributed by atoms with Crippen LogP contribution >= 0.6 is 23.7 Å². The predicted molar refractivity (Wildman–Crippen MR) is 63.1 cm³/mol. The third-order valence-electron chi connectivity index (χ3n) is 2.11. The van der Waals surface area contributed by atoms with Gasteiger partial charge in [-0.25, -0.2) is 9.78 Å². The number of rotatable bonds is 3. The molecule has 0 fully saturated rings. The molecule has 1 aromatic rings. The van der Waals surface area contributed by atoms with Crippen LogP contribution in [0.5, 0.6) is 0 Å². The van der Waals surface area contributed by atoms with Crippen molar-refractivity contribution < 1.29 is 23.1 Å². The highest BCUT2D eigenvalue weighted by Gasteiger charge is 2.40. The van der Waals surface area contributed by atoms with Crippen molar-refractivity contribution in [3.63, 3.8) is 0 Å². The maximum Gasteiger partial charge on any atom is 0.435 e. The van der Waals surface area contributed by atoms with Gasteiger partial charge >= 0.3 is 12.1 Å². The Kier molecular flexibility index (Phi) is 5.57.